The molecule has 6 rings (SSSR count). The molecule has 0 spiro atoms. The van der Waals surface area contributed by atoms with Crippen LogP contribution in [0.5, 0.6) is 0 Å². The molecule has 2 atom stereocenters. The fourth-order valence-corrected chi connectivity index (χ4v) is 4.66. The minimum Gasteiger partial charge on any atom is -0.472 e. The fraction of sp³-hybridized carbons (Fsp3) is 0.348. The average Bonchev–Trinajstić information content (AvgIpc) is 3.43. The van der Waals surface area contributed by atoms with Gasteiger partial charge in [-0.15, -0.1) is 0 Å². The molecule has 0 saturated carbocycles. The highest BCUT2D eigenvalue weighted by atomic mass is 16.4. The van der Waals surface area contributed by atoms with E-state index < -0.39 is 0 Å². The first-order valence-electron chi connectivity index (χ1n) is 9.97. The summed E-state index contributed by atoms with van der Waals surface area (Å²) in [4.78, 5) is 15.3. The first-order valence-corrected chi connectivity index (χ1v) is 9.97. The van der Waals surface area contributed by atoms with Crippen LogP contribution >= 0.6 is 0 Å². The molecular formula is C23H24N2O3. The predicted octanol–water partition coefficient (Wildman–Crippen LogP) is 4.42. The van der Waals surface area contributed by atoms with E-state index >= 15 is 0 Å². The van der Waals surface area contributed by atoms with E-state index in [-0.39, 0.29) is 11.9 Å². The summed E-state index contributed by atoms with van der Waals surface area (Å²) in [5, 5.41) is 3.23. The van der Waals surface area contributed by atoms with Crippen molar-refractivity contribution in [3.05, 3.63) is 60.8 Å². The van der Waals surface area contributed by atoms with Crippen LogP contribution in [0.25, 0.3) is 22.5 Å². The maximum absolute atomic E-state index is 12.8. The van der Waals surface area contributed by atoms with Crippen molar-refractivity contribution in [3.63, 3.8) is 0 Å². The molecule has 144 valence electrons. The van der Waals surface area contributed by atoms with Crippen LogP contribution < -0.4 is 5.32 Å². The molecule has 5 heterocycles. The van der Waals surface area contributed by atoms with Gasteiger partial charge in [0.15, 0.2) is 5.76 Å². The van der Waals surface area contributed by atoms with Gasteiger partial charge in [-0.2, -0.15) is 0 Å². The molecule has 3 fully saturated rings. The Kier molecular flexibility index (Phi) is 4.32. The van der Waals surface area contributed by atoms with E-state index in [0.717, 1.165) is 29.8 Å². The highest BCUT2D eigenvalue weighted by Crippen LogP contribution is 2.33. The number of rotatable bonds is 4. The number of furan rings is 2. The number of nitrogens with zero attached hydrogens (tertiary/aromatic N) is 1. The molecule has 28 heavy (non-hydrogen) atoms. The molecule has 0 aliphatic carbocycles. The van der Waals surface area contributed by atoms with Gasteiger partial charge in [-0.05, 0) is 68.6 Å². The molecule has 0 radical (unpaired) electrons. The molecular weight excluding hydrogens is 352 g/mol. The van der Waals surface area contributed by atoms with Crippen LogP contribution in [0.15, 0.2) is 63.8 Å². The maximum Gasteiger partial charge on any atom is 0.287 e. The van der Waals surface area contributed by atoms with Crippen LogP contribution in [0, 0.1) is 5.92 Å². The van der Waals surface area contributed by atoms with Crippen LogP contribution in [-0.2, 0) is 0 Å². The molecule has 5 heteroatoms. The number of carbonyl (C=O) groups excluding carboxylic acids is 1. The van der Waals surface area contributed by atoms with Crippen molar-refractivity contribution in [2.75, 3.05) is 13.1 Å². The Hall–Kier alpha value is -2.79. The van der Waals surface area contributed by atoms with Crippen molar-refractivity contribution in [1.82, 2.24) is 10.2 Å². The smallest absolute Gasteiger partial charge is 0.287 e. The zero-order valence-corrected chi connectivity index (χ0v) is 15.9. The molecule has 0 unspecified atom stereocenters. The van der Waals surface area contributed by atoms with Crippen LogP contribution in [0.4, 0.5) is 0 Å². The van der Waals surface area contributed by atoms with E-state index in [0.29, 0.717) is 23.5 Å². The topological polar surface area (TPSA) is 58.6 Å². The van der Waals surface area contributed by atoms with Gasteiger partial charge in [0, 0.05) is 23.2 Å². The quantitative estimate of drug-likeness (QED) is 0.732. The highest BCUT2D eigenvalue weighted by Gasteiger charge is 2.40. The number of fused-ring (bicyclic) bond motifs is 3. The van der Waals surface area contributed by atoms with Crippen molar-refractivity contribution in [1.29, 1.82) is 0 Å². The molecule has 2 bridgehead atoms. The van der Waals surface area contributed by atoms with Gasteiger partial charge in [0.1, 0.15) is 5.76 Å². The number of nitrogens with one attached hydrogen (secondary N) is 1. The summed E-state index contributed by atoms with van der Waals surface area (Å²) in [6.45, 7) is 4.51. The number of hydrogen-bond donors (Lipinski definition) is 1. The monoisotopic (exact) mass is 376 g/mol. The summed E-state index contributed by atoms with van der Waals surface area (Å²) in [6, 6.07) is 14.2. The number of hydrogen-bond acceptors (Lipinski definition) is 4. The minimum atomic E-state index is -0.122. The van der Waals surface area contributed by atoms with Gasteiger partial charge in [0.25, 0.3) is 5.91 Å². The van der Waals surface area contributed by atoms with Crippen molar-refractivity contribution >= 4 is 5.91 Å². The lowest BCUT2D eigenvalue weighted by Crippen LogP contribution is -2.62. The van der Waals surface area contributed by atoms with E-state index in [2.05, 4.69) is 17.1 Å². The van der Waals surface area contributed by atoms with Crippen LogP contribution in [0.3, 0.4) is 0 Å². The Labute approximate surface area is 164 Å². The molecule has 1 amide bonds. The first kappa shape index (κ1) is 17.3. The zero-order valence-electron chi connectivity index (χ0n) is 15.9. The molecule has 3 aromatic rings. The second-order valence-electron chi connectivity index (χ2n) is 7.87. The van der Waals surface area contributed by atoms with E-state index in [1.807, 2.05) is 36.4 Å². The van der Waals surface area contributed by atoms with Gasteiger partial charge in [-0.25, -0.2) is 0 Å². The van der Waals surface area contributed by atoms with E-state index in [1.54, 1.807) is 18.6 Å². The Balaban J connectivity index is 1.34. The van der Waals surface area contributed by atoms with E-state index in [4.69, 9.17) is 8.83 Å². The number of carbonyl (C=O) groups is 1. The second-order valence-corrected chi connectivity index (χ2v) is 7.87. The second kappa shape index (κ2) is 6.99. The van der Waals surface area contributed by atoms with E-state index in [1.165, 1.54) is 12.8 Å². The number of piperidine rings is 3. The lowest BCUT2D eigenvalue weighted by atomic mass is 9.79. The third-order valence-electron chi connectivity index (χ3n) is 6.31. The number of benzene rings is 1. The number of amides is 1. The largest absolute Gasteiger partial charge is 0.472 e. The molecule has 1 aromatic carbocycles. The molecule has 5 nitrogen and oxygen atoms in total. The maximum atomic E-state index is 12.8. The van der Waals surface area contributed by atoms with Gasteiger partial charge < -0.3 is 14.2 Å². The third-order valence-corrected chi connectivity index (χ3v) is 6.31. The van der Waals surface area contributed by atoms with E-state index in [9.17, 15) is 4.79 Å². The normalized spacial score (nSPS) is 26.3. The van der Waals surface area contributed by atoms with Crippen molar-refractivity contribution in [2.24, 2.45) is 5.92 Å². The van der Waals surface area contributed by atoms with Gasteiger partial charge in [0.2, 0.25) is 0 Å². The molecule has 3 aliphatic rings. The minimum absolute atomic E-state index is 0.122. The van der Waals surface area contributed by atoms with Crippen molar-refractivity contribution in [3.8, 4) is 22.5 Å². The standard InChI is InChI=1S/C23H24N2O3/c1-15-22(16-7-10-25(15)11-8-16)24-23(26)21-6-5-20(28-21)18-4-2-3-17(13-18)19-9-12-27-14-19/h2-6,9,12-16,22H,7-8,10-11H2,1H3,(H,24,26)/t15-,22+/m1/s1. The Morgan fingerprint density at radius 2 is 1.89 bits per heavy atom. The Morgan fingerprint density at radius 1 is 1.07 bits per heavy atom. The van der Waals surface area contributed by atoms with Crippen LogP contribution in [-0.4, -0.2) is 36.0 Å². The molecule has 2 aromatic heterocycles. The summed E-state index contributed by atoms with van der Waals surface area (Å²) in [5.74, 6) is 1.51. The van der Waals surface area contributed by atoms with Gasteiger partial charge in [-0.1, -0.05) is 18.2 Å². The summed E-state index contributed by atoms with van der Waals surface area (Å²) < 4.78 is 11.1. The molecule has 1 N–H and O–H groups in total. The lowest BCUT2D eigenvalue weighted by molar-refractivity contribution is 0.0211. The summed E-state index contributed by atoms with van der Waals surface area (Å²) in [6.07, 6.45) is 5.71. The Morgan fingerprint density at radius 3 is 2.64 bits per heavy atom. The average molecular weight is 376 g/mol. The molecule has 3 saturated heterocycles. The summed E-state index contributed by atoms with van der Waals surface area (Å²) in [5.41, 5.74) is 3.01. The zero-order chi connectivity index (χ0) is 19.1. The van der Waals surface area contributed by atoms with Gasteiger partial charge in [-0.3, -0.25) is 9.69 Å². The van der Waals surface area contributed by atoms with Crippen LogP contribution in [0.1, 0.15) is 30.3 Å². The molecule has 3 aliphatic heterocycles. The SMILES string of the molecule is C[C@@H]1[C@H](NC(=O)c2ccc(-c3cccc(-c4ccoc4)c3)o2)C2CCN1CC2. The fourth-order valence-electron chi connectivity index (χ4n) is 4.66. The summed E-state index contributed by atoms with van der Waals surface area (Å²) >= 11 is 0. The Bertz CT molecular complexity index is 965. The first-order chi connectivity index (χ1) is 13.7. The third kappa shape index (κ3) is 3.06. The highest BCUT2D eigenvalue weighted by molar-refractivity contribution is 5.92. The summed E-state index contributed by atoms with van der Waals surface area (Å²) in [7, 11) is 0. The van der Waals surface area contributed by atoms with Gasteiger partial charge in [0.05, 0.1) is 12.5 Å². The predicted molar refractivity (Wildman–Crippen MR) is 107 cm³/mol. The lowest BCUT2D eigenvalue weighted by Gasteiger charge is -2.49. The van der Waals surface area contributed by atoms with Crippen LogP contribution in [0.2, 0.25) is 0 Å². The van der Waals surface area contributed by atoms with Gasteiger partial charge >= 0.3 is 0 Å². The van der Waals surface area contributed by atoms with Crippen molar-refractivity contribution in [2.45, 2.75) is 31.8 Å². The van der Waals surface area contributed by atoms with Crippen molar-refractivity contribution < 1.29 is 13.6 Å².